The highest BCUT2D eigenvalue weighted by Gasteiger charge is 2.24. The molecule has 0 bridgehead atoms. The van der Waals surface area contributed by atoms with Crippen LogP contribution >= 0.6 is 0 Å². The third-order valence-corrected chi connectivity index (χ3v) is 3.36. The van der Waals surface area contributed by atoms with Crippen LogP contribution in [-0.4, -0.2) is 29.8 Å². The van der Waals surface area contributed by atoms with E-state index in [0.29, 0.717) is 5.75 Å². The fourth-order valence-corrected chi connectivity index (χ4v) is 1.75. The number of nitro groups is 1. The van der Waals surface area contributed by atoms with E-state index in [9.17, 15) is 14.9 Å². The molecule has 1 aromatic rings. The number of nitrogens with one attached hydrogen (secondary N) is 1. The minimum Gasteiger partial charge on any atom is -0.478 e. The molecule has 0 aliphatic heterocycles. The van der Waals surface area contributed by atoms with Gasteiger partial charge in [-0.3, -0.25) is 20.2 Å². The molecule has 7 heteroatoms. The van der Waals surface area contributed by atoms with Crippen LogP contribution in [0, 0.1) is 10.1 Å². The number of carbonyl (C=O) groups is 1. The summed E-state index contributed by atoms with van der Waals surface area (Å²) in [6.45, 7) is 1.83. The standard InChI is InChI=1S/C14H18N2O5/c1-10(14(17)21-13-3-2-4-13)15-9-20-12-7-5-11(6-8-12)16(18)19/h5-8,10,13,15H,2-4,9H2,1H3/t10-/m0/s1. The molecule has 1 aliphatic rings. The van der Waals surface area contributed by atoms with E-state index < -0.39 is 11.0 Å². The van der Waals surface area contributed by atoms with Crippen molar-refractivity contribution in [1.82, 2.24) is 5.32 Å². The lowest BCUT2D eigenvalue weighted by Crippen LogP contribution is -2.40. The summed E-state index contributed by atoms with van der Waals surface area (Å²) in [6, 6.07) is 5.30. The normalized spacial score (nSPS) is 15.9. The smallest absolute Gasteiger partial charge is 0.323 e. The van der Waals surface area contributed by atoms with Crippen LogP contribution < -0.4 is 10.1 Å². The van der Waals surface area contributed by atoms with Crippen molar-refractivity contribution in [3.8, 4) is 5.75 Å². The summed E-state index contributed by atoms with van der Waals surface area (Å²) in [5, 5.41) is 13.4. The molecule has 1 aliphatic carbocycles. The Morgan fingerprint density at radius 3 is 2.62 bits per heavy atom. The number of hydrogen-bond acceptors (Lipinski definition) is 6. The number of nitrogens with zero attached hydrogens (tertiary/aromatic N) is 1. The summed E-state index contributed by atoms with van der Waals surface area (Å²) in [4.78, 5) is 21.7. The molecule has 7 nitrogen and oxygen atoms in total. The van der Waals surface area contributed by atoms with Crippen molar-refractivity contribution in [3.05, 3.63) is 34.4 Å². The summed E-state index contributed by atoms with van der Waals surface area (Å²) in [5.41, 5.74) is 0.00718. The first-order valence-corrected chi connectivity index (χ1v) is 6.87. The van der Waals surface area contributed by atoms with Crippen LogP contribution in [0.4, 0.5) is 5.69 Å². The van der Waals surface area contributed by atoms with E-state index in [1.807, 2.05) is 0 Å². The summed E-state index contributed by atoms with van der Waals surface area (Å²) < 4.78 is 10.6. The zero-order valence-electron chi connectivity index (χ0n) is 11.8. The third kappa shape index (κ3) is 4.42. The molecule has 2 rings (SSSR count). The monoisotopic (exact) mass is 294 g/mol. The van der Waals surface area contributed by atoms with Gasteiger partial charge in [0, 0.05) is 12.1 Å². The number of carbonyl (C=O) groups excluding carboxylic acids is 1. The molecule has 0 spiro atoms. The fourth-order valence-electron chi connectivity index (χ4n) is 1.75. The molecule has 1 fully saturated rings. The van der Waals surface area contributed by atoms with Crippen LogP contribution in [-0.2, 0) is 9.53 Å². The Morgan fingerprint density at radius 1 is 1.43 bits per heavy atom. The minimum atomic E-state index is -0.472. The van der Waals surface area contributed by atoms with Gasteiger partial charge in [0.2, 0.25) is 0 Å². The van der Waals surface area contributed by atoms with Gasteiger partial charge in [-0.05, 0) is 38.3 Å². The van der Waals surface area contributed by atoms with Crippen molar-refractivity contribution in [2.45, 2.75) is 38.3 Å². The van der Waals surface area contributed by atoms with Crippen molar-refractivity contribution in [2.75, 3.05) is 6.73 Å². The first kappa shape index (κ1) is 15.2. The number of esters is 1. The average Bonchev–Trinajstić information content (AvgIpc) is 2.43. The van der Waals surface area contributed by atoms with E-state index in [1.54, 1.807) is 6.92 Å². The van der Waals surface area contributed by atoms with E-state index in [2.05, 4.69) is 5.32 Å². The average molecular weight is 294 g/mol. The van der Waals surface area contributed by atoms with Crippen LogP contribution in [0.1, 0.15) is 26.2 Å². The molecule has 114 valence electrons. The van der Waals surface area contributed by atoms with Crippen LogP contribution in [0.25, 0.3) is 0 Å². The summed E-state index contributed by atoms with van der Waals surface area (Å²) in [6.07, 6.45) is 3.07. The molecule has 0 saturated heterocycles. The highest BCUT2D eigenvalue weighted by Crippen LogP contribution is 2.22. The van der Waals surface area contributed by atoms with Crippen molar-refractivity contribution < 1.29 is 19.2 Å². The van der Waals surface area contributed by atoms with E-state index in [-0.39, 0.29) is 24.5 Å². The molecule has 0 amide bonds. The van der Waals surface area contributed by atoms with Gasteiger partial charge < -0.3 is 9.47 Å². The lowest BCUT2D eigenvalue weighted by atomic mass is 9.96. The number of hydrogen-bond donors (Lipinski definition) is 1. The molecule has 0 radical (unpaired) electrons. The molecule has 0 heterocycles. The number of non-ortho nitro benzene ring substituents is 1. The Morgan fingerprint density at radius 2 is 2.10 bits per heavy atom. The molecule has 1 atom stereocenters. The van der Waals surface area contributed by atoms with Crippen molar-refractivity contribution in [1.29, 1.82) is 0 Å². The van der Waals surface area contributed by atoms with E-state index in [0.717, 1.165) is 19.3 Å². The van der Waals surface area contributed by atoms with Crippen LogP contribution in [0.3, 0.4) is 0 Å². The van der Waals surface area contributed by atoms with Gasteiger partial charge in [0.15, 0.2) is 0 Å². The van der Waals surface area contributed by atoms with Gasteiger partial charge in [-0.15, -0.1) is 0 Å². The Bertz CT molecular complexity index is 499. The lowest BCUT2D eigenvalue weighted by Gasteiger charge is -2.26. The summed E-state index contributed by atoms with van der Waals surface area (Å²) in [7, 11) is 0. The molecule has 0 aromatic heterocycles. The van der Waals surface area contributed by atoms with Gasteiger partial charge in [0.1, 0.15) is 24.6 Å². The quantitative estimate of drug-likeness (QED) is 0.358. The highest BCUT2D eigenvalue weighted by molar-refractivity contribution is 5.75. The SMILES string of the molecule is C[C@H](NCOc1ccc([N+](=O)[O-])cc1)C(=O)OC1CCC1. The second kappa shape index (κ2) is 7.03. The van der Waals surface area contributed by atoms with Gasteiger partial charge in [0.25, 0.3) is 5.69 Å². The number of benzene rings is 1. The maximum absolute atomic E-state index is 11.7. The molecular weight excluding hydrogens is 276 g/mol. The second-order valence-corrected chi connectivity index (χ2v) is 4.96. The van der Waals surface area contributed by atoms with Crippen molar-refractivity contribution in [3.63, 3.8) is 0 Å². The Labute approximate surface area is 122 Å². The maximum atomic E-state index is 11.7. The van der Waals surface area contributed by atoms with Gasteiger partial charge in [-0.1, -0.05) is 0 Å². The molecular formula is C14H18N2O5. The largest absolute Gasteiger partial charge is 0.478 e. The molecule has 0 unspecified atom stereocenters. The summed E-state index contributed by atoms with van der Waals surface area (Å²) >= 11 is 0. The fraction of sp³-hybridized carbons (Fsp3) is 0.500. The van der Waals surface area contributed by atoms with Crippen LogP contribution in [0.15, 0.2) is 24.3 Å². The summed E-state index contributed by atoms with van der Waals surface area (Å²) in [5.74, 6) is 0.208. The van der Waals surface area contributed by atoms with Gasteiger partial charge in [-0.25, -0.2) is 0 Å². The number of nitro benzene ring substituents is 1. The van der Waals surface area contributed by atoms with E-state index >= 15 is 0 Å². The zero-order chi connectivity index (χ0) is 15.2. The molecule has 21 heavy (non-hydrogen) atoms. The van der Waals surface area contributed by atoms with E-state index in [4.69, 9.17) is 9.47 Å². The van der Waals surface area contributed by atoms with Crippen molar-refractivity contribution >= 4 is 11.7 Å². The number of ether oxygens (including phenoxy) is 2. The zero-order valence-corrected chi connectivity index (χ0v) is 11.8. The van der Waals surface area contributed by atoms with Gasteiger partial charge >= 0.3 is 5.97 Å². The topological polar surface area (TPSA) is 90.7 Å². The highest BCUT2D eigenvalue weighted by atomic mass is 16.6. The van der Waals surface area contributed by atoms with Crippen LogP contribution in [0.5, 0.6) is 5.75 Å². The Kier molecular flexibility index (Phi) is 5.10. The predicted octanol–water partition coefficient (Wildman–Crippen LogP) is 2.00. The number of rotatable bonds is 7. The third-order valence-electron chi connectivity index (χ3n) is 3.36. The van der Waals surface area contributed by atoms with Crippen LogP contribution in [0.2, 0.25) is 0 Å². The van der Waals surface area contributed by atoms with Gasteiger partial charge in [-0.2, -0.15) is 0 Å². The predicted molar refractivity (Wildman–Crippen MR) is 74.9 cm³/mol. The van der Waals surface area contributed by atoms with E-state index in [1.165, 1.54) is 24.3 Å². The minimum absolute atomic E-state index is 0.00718. The molecule has 1 N–H and O–H groups in total. The first-order chi connectivity index (χ1) is 10.1. The lowest BCUT2D eigenvalue weighted by molar-refractivity contribution is -0.384. The Hall–Kier alpha value is -2.15. The first-order valence-electron chi connectivity index (χ1n) is 6.87. The second-order valence-electron chi connectivity index (χ2n) is 4.96. The Balaban J connectivity index is 1.70. The van der Waals surface area contributed by atoms with Gasteiger partial charge in [0.05, 0.1) is 4.92 Å². The van der Waals surface area contributed by atoms with Crippen molar-refractivity contribution in [2.24, 2.45) is 0 Å². The maximum Gasteiger partial charge on any atom is 0.323 e. The molecule has 1 saturated carbocycles. The molecule has 1 aromatic carbocycles.